The van der Waals surface area contributed by atoms with Crippen LogP contribution in [-0.2, 0) is 0 Å². The summed E-state index contributed by atoms with van der Waals surface area (Å²) in [5.41, 5.74) is 1.00. The van der Waals surface area contributed by atoms with Gasteiger partial charge in [-0.15, -0.1) is 0 Å². The number of nitrogens with zero attached hydrogens (tertiary/aromatic N) is 2. The van der Waals surface area contributed by atoms with Gasteiger partial charge in [-0.3, -0.25) is 0 Å². The van der Waals surface area contributed by atoms with Gasteiger partial charge in [0.2, 0.25) is 5.95 Å². The zero-order valence-electron chi connectivity index (χ0n) is 10.1. The number of halogens is 2. The summed E-state index contributed by atoms with van der Waals surface area (Å²) >= 11 is 5.85. The van der Waals surface area contributed by atoms with Crippen LogP contribution in [0.5, 0.6) is 0 Å². The van der Waals surface area contributed by atoms with E-state index >= 15 is 0 Å². The fraction of sp³-hybridized carbons (Fsp3) is 0.231. The molecule has 3 nitrogen and oxygen atoms in total. The van der Waals surface area contributed by atoms with Gasteiger partial charge in [0.05, 0.1) is 0 Å². The molecule has 0 saturated carbocycles. The molecule has 94 valence electrons. The number of nitrogens with one attached hydrogen (secondary N) is 1. The summed E-state index contributed by atoms with van der Waals surface area (Å²) in [6, 6.07) is 4.65. The molecule has 0 amide bonds. The van der Waals surface area contributed by atoms with Gasteiger partial charge in [0.25, 0.3) is 0 Å². The second kappa shape index (κ2) is 5.31. The smallest absolute Gasteiger partial charge is 0.222 e. The minimum absolute atomic E-state index is 0.249. The van der Waals surface area contributed by atoms with Crippen molar-refractivity contribution in [1.82, 2.24) is 9.97 Å². The van der Waals surface area contributed by atoms with Crippen LogP contribution in [-0.4, -0.2) is 16.0 Å². The Hall–Kier alpha value is -1.68. The van der Waals surface area contributed by atoms with Crippen LogP contribution in [0.2, 0.25) is 5.02 Å². The summed E-state index contributed by atoms with van der Waals surface area (Å²) in [7, 11) is 0. The predicted octanol–water partition coefficient (Wildman–Crippen LogP) is 3.76. The lowest BCUT2D eigenvalue weighted by atomic mass is 10.1. The van der Waals surface area contributed by atoms with E-state index in [1.165, 1.54) is 12.1 Å². The summed E-state index contributed by atoms with van der Waals surface area (Å²) in [6.45, 7) is 3.99. The predicted molar refractivity (Wildman–Crippen MR) is 71.2 cm³/mol. The second-order valence-electron chi connectivity index (χ2n) is 4.22. The second-order valence-corrected chi connectivity index (χ2v) is 4.65. The van der Waals surface area contributed by atoms with E-state index in [4.69, 9.17) is 11.6 Å². The third-order valence-corrected chi connectivity index (χ3v) is 2.54. The van der Waals surface area contributed by atoms with Crippen molar-refractivity contribution in [2.75, 3.05) is 5.32 Å². The van der Waals surface area contributed by atoms with Crippen LogP contribution in [0.1, 0.15) is 13.8 Å². The quantitative estimate of drug-likeness (QED) is 0.918. The van der Waals surface area contributed by atoms with Gasteiger partial charge in [0.1, 0.15) is 5.82 Å². The Morgan fingerprint density at radius 1 is 1.22 bits per heavy atom. The van der Waals surface area contributed by atoms with Gasteiger partial charge in [-0.25, -0.2) is 14.4 Å². The Balaban J connectivity index is 2.31. The van der Waals surface area contributed by atoms with Crippen LogP contribution in [0, 0.1) is 5.82 Å². The molecule has 1 aromatic heterocycles. The standard InChI is InChI=1S/C13H13ClFN3/c1-8(2)18-13-16-6-9(7-17-13)11-5-10(14)3-4-12(11)15/h3-8H,1-2H3,(H,16,17,18). The molecular weight excluding hydrogens is 253 g/mol. The van der Waals surface area contributed by atoms with Gasteiger partial charge in [-0.1, -0.05) is 11.6 Å². The van der Waals surface area contributed by atoms with Gasteiger partial charge < -0.3 is 5.32 Å². The molecule has 5 heteroatoms. The maximum absolute atomic E-state index is 13.6. The molecule has 0 fully saturated rings. The molecule has 1 heterocycles. The molecule has 0 bridgehead atoms. The SMILES string of the molecule is CC(C)Nc1ncc(-c2cc(Cl)ccc2F)cn1. The van der Waals surface area contributed by atoms with Crippen LogP contribution in [0.25, 0.3) is 11.1 Å². The van der Waals surface area contributed by atoms with Crippen LogP contribution in [0.3, 0.4) is 0 Å². The first-order chi connectivity index (χ1) is 8.56. The first kappa shape index (κ1) is 12.8. The molecule has 1 N–H and O–H groups in total. The molecule has 0 aliphatic heterocycles. The highest BCUT2D eigenvalue weighted by molar-refractivity contribution is 6.30. The number of anilines is 1. The molecule has 1 aromatic carbocycles. The summed E-state index contributed by atoms with van der Waals surface area (Å²) in [5, 5.41) is 3.55. The lowest BCUT2D eigenvalue weighted by Gasteiger charge is -2.08. The van der Waals surface area contributed by atoms with Crippen LogP contribution >= 0.6 is 11.6 Å². The van der Waals surface area contributed by atoms with Gasteiger partial charge in [-0.05, 0) is 32.0 Å². The molecular formula is C13H13ClFN3. The molecule has 18 heavy (non-hydrogen) atoms. The maximum Gasteiger partial charge on any atom is 0.222 e. The Kier molecular flexibility index (Phi) is 3.77. The van der Waals surface area contributed by atoms with Gasteiger partial charge in [0.15, 0.2) is 0 Å². The summed E-state index contributed by atoms with van der Waals surface area (Å²) in [5.74, 6) is 0.184. The van der Waals surface area contributed by atoms with Gasteiger partial charge >= 0.3 is 0 Å². The van der Waals surface area contributed by atoms with Crippen LogP contribution in [0.4, 0.5) is 10.3 Å². The number of hydrogen-bond donors (Lipinski definition) is 1. The maximum atomic E-state index is 13.6. The summed E-state index contributed by atoms with van der Waals surface area (Å²) in [4.78, 5) is 8.27. The average molecular weight is 266 g/mol. The summed E-state index contributed by atoms with van der Waals surface area (Å²) < 4.78 is 13.6. The van der Waals surface area contributed by atoms with Crippen molar-refractivity contribution >= 4 is 17.5 Å². The van der Waals surface area contributed by atoms with Crippen molar-refractivity contribution < 1.29 is 4.39 Å². The Bertz CT molecular complexity index is 540. The molecule has 0 aliphatic carbocycles. The van der Waals surface area contributed by atoms with E-state index < -0.39 is 0 Å². The van der Waals surface area contributed by atoms with Crippen molar-refractivity contribution in [2.24, 2.45) is 0 Å². The Morgan fingerprint density at radius 3 is 2.50 bits per heavy atom. The molecule has 0 unspecified atom stereocenters. The van der Waals surface area contributed by atoms with Crippen molar-refractivity contribution in [3.63, 3.8) is 0 Å². The van der Waals surface area contributed by atoms with E-state index in [0.29, 0.717) is 22.1 Å². The topological polar surface area (TPSA) is 37.8 Å². The number of rotatable bonds is 3. The van der Waals surface area contributed by atoms with Crippen molar-refractivity contribution in [3.05, 3.63) is 41.4 Å². The molecule has 0 aliphatic rings. The number of benzene rings is 1. The first-order valence-electron chi connectivity index (χ1n) is 5.60. The zero-order valence-corrected chi connectivity index (χ0v) is 10.9. The van der Waals surface area contributed by atoms with E-state index in [0.717, 1.165) is 0 Å². The monoisotopic (exact) mass is 265 g/mol. The van der Waals surface area contributed by atoms with Crippen LogP contribution in [0.15, 0.2) is 30.6 Å². The highest BCUT2D eigenvalue weighted by Crippen LogP contribution is 2.25. The first-order valence-corrected chi connectivity index (χ1v) is 5.98. The minimum Gasteiger partial charge on any atom is -0.352 e. The molecule has 2 aromatic rings. The van der Waals surface area contributed by atoms with E-state index in [2.05, 4.69) is 15.3 Å². The van der Waals surface area contributed by atoms with E-state index in [1.54, 1.807) is 18.5 Å². The van der Waals surface area contributed by atoms with Crippen molar-refractivity contribution in [3.8, 4) is 11.1 Å². The molecule has 0 atom stereocenters. The van der Waals surface area contributed by atoms with E-state index in [9.17, 15) is 4.39 Å². The number of aromatic nitrogens is 2. The summed E-state index contributed by atoms with van der Waals surface area (Å²) in [6.07, 6.45) is 3.15. The lowest BCUT2D eigenvalue weighted by molar-refractivity contribution is 0.631. The molecule has 0 spiro atoms. The van der Waals surface area contributed by atoms with Gasteiger partial charge in [0, 0.05) is 34.6 Å². The van der Waals surface area contributed by atoms with Gasteiger partial charge in [-0.2, -0.15) is 0 Å². The lowest BCUT2D eigenvalue weighted by Crippen LogP contribution is -2.12. The molecule has 2 rings (SSSR count). The fourth-order valence-electron chi connectivity index (χ4n) is 1.52. The zero-order chi connectivity index (χ0) is 13.1. The minimum atomic E-state index is -0.340. The van der Waals surface area contributed by atoms with E-state index in [-0.39, 0.29) is 11.9 Å². The van der Waals surface area contributed by atoms with Crippen molar-refractivity contribution in [1.29, 1.82) is 0 Å². The Labute approximate surface area is 110 Å². The fourth-order valence-corrected chi connectivity index (χ4v) is 1.69. The molecule has 0 radical (unpaired) electrons. The van der Waals surface area contributed by atoms with E-state index in [1.807, 2.05) is 13.8 Å². The van der Waals surface area contributed by atoms with Crippen LogP contribution < -0.4 is 5.32 Å². The Morgan fingerprint density at radius 2 is 1.89 bits per heavy atom. The highest BCUT2D eigenvalue weighted by atomic mass is 35.5. The largest absolute Gasteiger partial charge is 0.352 e. The van der Waals surface area contributed by atoms with Crippen molar-refractivity contribution in [2.45, 2.75) is 19.9 Å². The third kappa shape index (κ3) is 2.96. The average Bonchev–Trinajstić information content (AvgIpc) is 2.33. The number of hydrogen-bond acceptors (Lipinski definition) is 3. The highest BCUT2D eigenvalue weighted by Gasteiger charge is 2.07. The normalized spacial score (nSPS) is 10.7. The third-order valence-electron chi connectivity index (χ3n) is 2.31. The molecule has 0 saturated heterocycles.